The van der Waals surface area contributed by atoms with Crippen molar-refractivity contribution in [3.8, 4) is 5.75 Å². The van der Waals surface area contributed by atoms with Gasteiger partial charge in [0.1, 0.15) is 5.75 Å². The average molecular weight is 195 g/mol. The van der Waals surface area contributed by atoms with Crippen LogP contribution in [0.2, 0.25) is 0 Å². The molecule has 0 aliphatic carbocycles. The van der Waals surface area contributed by atoms with E-state index in [4.69, 9.17) is 15.6 Å². The molecule has 0 fully saturated rings. The van der Waals surface area contributed by atoms with Crippen molar-refractivity contribution in [2.75, 3.05) is 6.61 Å². The molecular weight excluding hydrogens is 182 g/mol. The Bertz CT molecular complexity index is 336. The Balaban J connectivity index is 2.80. The van der Waals surface area contributed by atoms with Crippen LogP contribution in [0.1, 0.15) is 11.1 Å². The van der Waals surface area contributed by atoms with Crippen molar-refractivity contribution >= 4 is 5.97 Å². The molecule has 0 aromatic heterocycles. The average Bonchev–Trinajstić information content (AvgIpc) is 2.15. The molecule has 0 saturated carbocycles. The summed E-state index contributed by atoms with van der Waals surface area (Å²) in [4.78, 5) is 10.3. The SMILES string of the molecule is Cc1ccc(OCC(=O)O)c(CN)c1. The van der Waals surface area contributed by atoms with Crippen molar-refractivity contribution in [2.24, 2.45) is 5.73 Å². The van der Waals surface area contributed by atoms with E-state index in [1.54, 1.807) is 6.07 Å². The number of benzene rings is 1. The maximum Gasteiger partial charge on any atom is 0.341 e. The normalized spacial score (nSPS) is 9.86. The maximum atomic E-state index is 10.3. The van der Waals surface area contributed by atoms with Crippen molar-refractivity contribution in [1.82, 2.24) is 0 Å². The molecule has 0 aliphatic heterocycles. The molecule has 0 radical (unpaired) electrons. The van der Waals surface area contributed by atoms with Gasteiger partial charge in [-0.15, -0.1) is 0 Å². The molecule has 4 heteroatoms. The molecule has 0 saturated heterocycles. The number of carboxylic acid groups (broad SMARTS) is 1. The van der Waals surface area contributed by atoms with Crippen LogP contribution in [0.3, 0.4) is 0 Å². The monoisotopic (exact) mass is 195 g/mol. The van der Waals surface area contributed by atoms with E-state index in [1.807, 2.05) is 19.1 Å². The lowest BCUT2D eigenvalue weighted by molar-refractivity contribution is -0.139. The molecule has 0 bridgehead atoms. The molecule has 4 nitrogen and oxygen atoms in total. The Morgan fingerprint density at radius 2 is 2.29 bits per heavy atom. The second kappa shape index (κ2) is 4.62. The zero-order valence-corrected chi connectivity index (χ0v) is 7.99. The van der Waals surface area contributed by atoms with E-state index in [1.165, 1.54) is 0 Å². The van der Waals surface area contributed by atoms with Gasteiger partial charge in [0.2, 0.25) is 0 Å². The Hall–Kier alpha value is -1.55. The van der Waals surface area contributed by atoms with Crippen molar-refractivity contribution in [3.05, 3.63) is 29.3 Å². The van der Waals surface area contributed by atoms with E-state index in [0.29, 0.717) is 12.3 Å². The third-order valence-electron chi connectivity index (χ3n) is 1.79. The number of carboxylic acids is 1. The summed E-state index contributed by atoms with van der Waals surface area (Å²) in [5, 5.41) is 8.44. The number of aryl methyl sites for hydroxylation is 1. The zero-order valence-electron chi connectivity index (χ0n) is 7.99. The predicted molar refractivity (Wildman–Crippen MR) is 52.2 cm³/mol. The van der Waals surface area contributed by atoms with Crippen LogP contribution in [0.4, 0.5) is 0 Å². The molecule has 14 heavy (non-hydrogen) atoms. The molecule has 0 atom stereocenters. The van der Waals surface area contributed by atoms with Gasteiger partial charge in [0.25, 0.3) is 0 Å². The first-order valence-corrected chi connectivity index (χ1v) is 4.27. The van der Waals surface area contributed by atoms with E-state index in [0.717, 1.165) is 11.1 Å². The summed E-state index contributed by atoms with van der Waals surface area (Å²) in [6.07, 6.45) is 0. The van der Waals surface area contributed by atoms with Gasteiger partial charge in [-0.25, -0.2) is 4.79 Å². The minimum absolute atomic E-state index is 0.337. The van der Waals surface area contributed by atoms with Gasteiger partial charge in [0.15, 0.2) is 6.61 Å². The van der Waals surface area contributed by atoms with E-state index in [2.05, 4.69) is 0 Å². The van der Waals surface area contributed by atoms with Crippen LogP contribution in [0.15, 0.2) is 18.2 Å². The first-order valence-electron chi connectivity index (χ1n) is 4.27. The van der Waals surface area contributed by atoms with Gasteiger partial charge in [-0.05, 0) is 13.0 Å². The lowest BCUT2D eigenvalue weighted by Crippen LogP contribution is -2.11. The largest absolute Gasteiger partial charge is 0.482 e. The molecular formula is C10H13NO3. The topological polar surface area (TPSA) is 72.5 Å². The molecule has 0 spiro atoms. The molecule has 0 heterocycles. The number of carbonyl (C=O) groups is 1. The number of hydrogen-bond donors (Lipinski definition) is 2. The lowest BCUT2D eigenvalue weighted by Gasteiger charge is -2.08. The quantitative estimate of drug-likeness (QED) is 0.749. The highest BCUT2D eigenvalue weighted by molar-refractivity contribution is 5.68. The number of aliphatic carboxylic acids is 1. The van der Waals surface area contributed by atoms with E-state index in [-0.39, 0.29) is 6.61 Å². The Kier molecular flexibility index (Phi) is 3.48. The number of ether oxygens (including phenoxy) is 1. The second-order valence-corrected chi connectivity index (χ2v) is 3.00. The summed E-state index contributed by atoms with van der Waals surface area (Å²) in [6, 6.07) is 5.48. The van der Waals surface area contributed by atoms with Crippen molar-refractivity contribution in [3.63, 3.8) is 0 Å². The zero-order chi connectivity index (χ0) is 10.6. The van der Waals surface area contributed by atoms with Crippen LogP contribution in [-0.2, 0) is 11.3 Å². The van der Waals surface area contributed by atoms with E-state index < -0.39 is 5.97 Å². The van der Waals surface area contributed by atoms with E-state index >= 15 is 0 Å². The van der Waals surface area contributed by atoms with Crippen molar-refractivity contribution in [2.45, 2.75) is 13.5 Å². The third kappa shape index (κ3) is 2.74. The molecule has 76 valence electrons. The third-order valence-corrected chi connectivity index (χ3v) is 1.79. The van der Waals surface area contributed by atoms with Gasteiger partial charge < -0.3 is 15.6 Å². The van der Waals surface area contributed by atoms with Gasteiger partial charge in [0.05, 0.1) is 0 Å². The summed E-state index contributed by atoms with van der Waals surface area (Å²) in [5.41, 5.74) is 7.40. The van der Waals surface area contributed by atoms with Crippen LogP contribution in [0.25, 0.3) is 0 Å². The van der Waals surface area contributed by atoms with Gasteiger partial charge in [-0.3, -0.25) is 0 Å². The first-order chi connectivity index (χ1) is 6.63. The molecule has 0 aliphatic rings. The van der Waals surface area contributed by atoms with Crippen molar-refractivity contribution < 1.29 is 14.6 Å². The highest BCUT2D eigenvalue weighted by Crippen LogP contribution is 2.19. The summed E-state index contributed by atoms with van der Waals surface area (Å²) < 4.78 is 5.06. The van der Waals surface area contributed by atoms with Crippen LogP contribution >= 0.6 is 0 Å². The first kappa shape index (κ1) is 10.5. The lowest BCUT2D eigenvalue weighted by atomic mass is 10.1. The van der Waals surface area contributed by atoms with Crippen LogP contribution in [0, 0.1) is 6.92 Å². The molecule has 1 aromatic carbocycles. The number of rotatable bonds is 4. The fraction of sp³-hybridized carbons (Fsp3) is 0.300. The minimum atomic E-state index is -0.992. The highest BCUT2D eigenvalue weighted by atomic mass is 16.5. The van der Waals surface area contributed by atoms with Gasteiger partial charge >= 0.3 is 5.97 Å². The highest BCUT2D eigenvalue weighted by Gasteiger charge is 2.04. The second-order valence-electron chi connectivity index (χ2n) is 3.00. The summed E-state index contributed by atoms with van der Waals surface area (Å²) >= 11 is 0. The predicted octanol–water partition coefficient (Wildman–Crippen LogP) is 0.917. The van der Waals surface area contributed by atoms with Crippen LogP contribution in [-0.4, -0.2) is 17.7 Å². The Morgan fingerprint density at radius 1 is 1.57 bits per heavy atom. The summed E-state index contributed by atoms with van der Waals surface area (Å²) in [5.74, 6) is -0.450. The Morgan fingerprint density at radius 3 is 2.86 bits per heavy atom. The van der Waals surface area contributed by atoms with Gasteiger partial charge in [0, 0.05) is 12.1 Å². The number of nitrogens with two attached hydrogens (primary N) is 1. The molecule has 3 N–H and O–H groups in total. The van der Waals surface area contributed by atoms with Crippen LogP contribution < -0.4 is 10.5 Å². The fourth-order valence-electron chi connectivity index (χ4n) is 1.15. The molecule has 1 rings (SSSR count). The molecule has 0 unspecified atom stereocenters. The summed E-state index contributed by atoms with van der Waals surface area (Å²) in [6.45, 7) is 1.95. The van der Waals surface area contributed by atoms with Gasteiger partial charge in [-0.1, -0.05) is 17.7 Å². The molecule has 1 aromatic rings. The maximum absolute atomic E-state index is 10.3. The number of hydrogen-bond acceptors (Lipinski definition) is 3. The van der Waals surface area contributed by atoms with E-state index in [9.17, 15) is 4.79 Å². The minimum Gasteiger partial charge on any atom is -0.482 e. The Labute approximate surface area is 82.3 Å². The standard InChI is InChI=1S/C10H13NO3/c1-7-2-3-9(8(4-7)5-11)14-6-10(12)13/h2-4H,5-6,11H2,1H3,(H,12,13). The molecule has 0 amide bonds. The summed E-state index contributed by atoms with van der Waals surface area (Å²) in [7, 11) is 0. The van der Waals surface area contributed by atoms with Gasteiger partial charge in [-0.2, -0.15) is 0 Å². The van der Waals surface area contributed by atoms with Crippen LogP contribution in [0.5, 0.6) is 5.75 Å². The fourth-order valence-corrected chi connectivity index (χ4v) is 1.15. The smallest absolute Gasteiger partial charge is 0.341 e. The van der Waals surface area contributed by atoms with Crippen molar-refractivity contribution in [1.29, 1.82) is 0 Å².